The first-order valence-corrected chi connectivity index (χ1v) is 6.84. The van der Waals surface area contributed by atoms with Gasteiger partial charge >= 0.3 is 0 Å². The Kier molecular flexibility index (Phi) is 7.69. The minimum atomic E-state index is 0.0474. The summed E-state index contributed by atoms with van der Waals surface area (Å²) < 4.78 is 0. The van der Waals surface area contributed by atoms with Gasteiger partial charge in [-0.25, -0.2) is 0 Å². The van der Waals surface area contributed by atoms with E-state index < -0.39 is 0 Å². The van der Waals surface area contributed by atoms with Crippen molar-refractivity contribution in [2.45, 2.75) is 39.7 Å². The highest BCUT2D eigenvalue weighted by molar-refractivity contribution is 7.98. The molecule has 0 aromatic rings. The molecule has 0 aromatic heterocycles. The zero-order chi connectivity index (χ0) is 11.0. The van der Waals surface area contributed by atoms with Crippen LogP contribution in [0.4, 0.5) is 0 Å². The molecule has 86 valence electrons. The summed E-state index contributed by atoms with van der Waals surface area (Å²) in [5.74, 6) is 1.15. The summed E-state index contributed by atoms with van der Waals surface area (Å²) in [6, 6.07) is 0.586. The zero-order valence-corrected chi connectivity index (χ0v) is 10.8. The minimum absolute atomic E-state index is 0.0474. The van der Waals surface area contributed by atoms with Crippen LogP contribution in [0.3, 0.4) is 0 Å². The number of aliphatic hydroxyl groups is 1. The van der Waals surface area contributed by atoms with Gasteiger partial charge in [-0.2, -0.15) is 11.8 Å². The Labute approximate surface area is 92.9 Å². The van der Waals surface area contributed by atoms with E-state index in [9.17, 15) is 5.11 Å². The Morgan fingerprint density at radius 3 is 2.43 bits per heavy atom. The standard InChI is InChI=1S/C11H25NOS/c1-5-10(7-14-4)12-8-11(3,6-2)9-13/h10,12-13H,5-9H2,1-4H3. The molecule has 14 heavy (non-hydrogen) atoms. The van der Waals surface area contributed by atoms with Gasteiger partial charge in [0.05, 0.1) is 0 Å². The highest BCUT2D eigenvalue weighted by atomic mass is 32.2. The lowest BCUT2D eigenvalue weighted by atomic mass is 9.88. The molecular weight excluding hydrogens is 194 g/mol. The van der Waals surface area contributed by atoms with Gasteiger partial charge in [0.15, 0.2) is 0 Å². The molecule has 0 aliphatic rings. The summed E-state index contributed by atoms with van der Waals surface area (Å²) in [6.07, 6.45) is 4.31. The molecule has 0 aliphatic carbocycles. The summed E-state index contributed by atoms with van der Waals surface area (Å²) in [4.78, 5) is 0. The maximum atomic E-state index is 9.26. The Bertz CT molecular complexity index is 137. The van der Waals surface area contributed by atoms with E-state index in [-0.39, 0.29) is 12.0 Å². The molecule has 0 spiro atoms. The topological polar surface area (TPSA) is 32.3 Å². The lowest BCUT2D eigenvalue weighted by Gasteiger charge is -2.28. The van der Waals surface area contributed by atoms with Crippen LogP contribution in [-0.2, 0) is 0 Å². The molecule has 2 nitrogen and oxygen atoms in total. The second-order valence-electron chi connectivity index (χ2n) is 4.26. The van der Waals surface area contributed by atoms with E-state index in [0.717, 1.165) is 25.1 Å². The molecule has 0 fully saturated rings. The fourth-order valence-electron chi connectivity index (χ4n) is 1.21. The van der Waals surface area contributed by atoms with Crippen LogP contribution >= 0.6 is 11.8 Å². The number of hydrogen-bond acceptors (Lipinski definition) is 3. The third-order valence-corrected chi connectivity index (χ3v) is 3.65. The third kappa shape index (κ3) is 5.23. The number of nitrogens with one attached hydrogen (secondary N) is 1. The molecular formula is C11H25NOS. The highest BCUT2D eigenvalue weighted by Crippen LogP contribution is 2.19. The fraction of sp³-hybridized carbons (Fsp3) is 1.00. The lowest BCUT2D eigenvalue weighted by Crippen LogP contribution is -2.40. The minimum Gasteiger partial charge on any atom is -0.396 e. The van der Waals surface area contributed by atoms with Crippen molar-refractivity contribution in [3.63, 3.8) is 0 Å². The van der Waals surface area contributed by atoms with Crippen LogP contribution in [0.15, 0.2) is 0 Å². The molecule has 2 unspecified atom stereocenters. The van der Waals surface area contributed by atoms with Crippen molar-refractivity contribution in [2.75, 3.05) is 25.2 Å². The van der Waals surface area contributed by atoms with Gasteiger partial charge < -0.3 is 10.4 Å². The molecule has 0 aromatic carbocycles. The molecule has 0 aliphatic heterocycles. The van der Waals surface area contributed by atoms with Crippen molar-refractivity contribution in [1.29, 1.82) is 0 Å². The van der Waals surface area contributed by atoms with Gasteiger partial charge in [-0.05, 0) is 19.1 Å². The van der Waals surface area contributed by atoms with Crippen LogP contribution in [-0.4, -0.2) is 36.3 Å². The molecule has 2 atom stereocenters. The van der Waals surface area contributed by atoms with E-state index in [4.69, 9.17) is 0 Å². The zero-order valence-electron chi connectivity index (χ0n) is 9.97. The van der Waals surface area contributed by atoms with E-state index in [1.807, 2.05) is 11.8 Å². The van der Waals surface area contributed by atoms with E-state index >= 15 is 0 Å². The van der Waals surface area contributed by atoms with Crippen LogP contribution in [0.25, 0.3) is 0 Å². The van der Waals surface area contributed by atoms with Gasteiger partial charge in [0, 0.05) is 30.4 Å². The molecule has 0 saturated heterocycles. The third-order valence-electron chi connectivity index (χ3n) is 2.91. The van der Waals surface area contributed by atoms with Crippen molar-refractivity contribution in [3.8, 4) is 0 Å². The van der Waals surface area contributed by atoms with Crippen LogP contribution in [0.2, 0.25) is 0 Å². The number of hydrogen-bond donors (Lipinski definition) is 2. The first-order valence-electron chi connectivity index (χ1n) is 5.45. The summed E-state index contributed by atoms with van der Waals surface area (Å²) in [5.41, 5.74) is 0.0474. The average molecular weight is 219 g/mol. The van der Waals surface area contributed by atoms with Crippen molar-refractivity contribution in [3.05, 3.63) is 0 Å². The first-order chi connectivity index (χ1) is 6.61. The summed E-state index contributed by atoms with van der Waals surface area (Å²) in [6.45, 7) is 7.65. The van der Waals surface area contributed by atoms with Gasteiger partial charge in [-0.3, -0.25) is 0 Å². The smallest absolute Gasteiger partial charge is 0.0496 e. The van der Waals surface area contributed by atoms with Gasteiger partial charge in [0.1, 0.15) is 0 Å². The van der Waals surface area contributed by atoms with Gasteiger partial charge in [0.2, 0.25) is 0 Å². The van der Waals surface area contributed by atoms with Crippen LogP contribution in [0, 0.1) is 5.41 Å². The quantitative estimate of drug-likeness (QED) is 0.656. The fourth-order valence-corrected chi connectivity index (χ4v) is 1.96. The summed E-state index contributed by atoms with van der Waals surface area (Å²) in [7, 11) is 0. The summed E-state index contributed by atoms with van der Waals surface area (Å²) >= 11 is 1.88. The van der Waals surface area contributed by atoms with E-state index in [0.29, 0.717) is 6.04 Å². The molecule has 0 rings (SSSR count). The first kappa shape index (κ1) is 14.3. The largest absolute Gasteiger partial charge is 0.396 e. The molecule has 0 amide bonds. The Balaban J connectivity index is 3.87. The van der Waals surface area contributed by atoms with Crippen LogP contribution < -0.4 is 5.32 Å². The van der Waals surface area contributed by atoms with Crippen LogP contribution in [0.5, 0.6) is 0 Å². The Morgan fingerprint density at radius 2 is 2.07 bits per heavy atom. The second-order valence-corrected chi connectivity index (χ2v) is 5.17. The lowest BCUT2D eigenvalue weighted by molar-refractivity contribution is 0.132. The number of thioether (sulfide) groups is 1. The number of aliphatic hydroxyl groups excluding tert-OH is 1. The Morgan fingerprint density at radius 1 is 1.43 bits per heavy atom. The van der Waals surface area contributed by atoms with Crippen molar-refractivity contribution >= 4 is 11.8 Å². The van der Waals surface area contributed by atoms with Gasteiger partial charge in [0.25, 0.3) is 0 Å². The van der Waals surface area contributed by atoms with Crippen LogP contribution in [0.1, 0.15) is 33.6 Å². The molecule has 0 saturated carbocycles. The van der Waals surface area contributed by atoms with Crippen molar-refractivity contribution in [1.82, 2.24) is 5.32 Å². The predicted octanol–water partition coefficient (Wildman–Crippen LogP) is 2.13. The monoisotopic (exact) mass is 219 g/mol. The average Bonchev–Trinajstić information content (AvgIpc) is 2.23. The van der Waals surface area contributed by atoms with Crippen molar-refractivity contribution < 1.29 is 5.11 Å². The van der Waals surface area contributed by atoms with E-state index in [1.54, 1.807) is 0 Å². The maximum absolute atomic E-state index is 9.26. The molecule has 0 bridgehead atoms. The summed E-state index contributed by atoms with van der Waals surface area (Å²) in [5, 5.41) is 12.8. The predicted molar refractivity (Wildman–Crippen MR) is 65.9 cm³/mol. The van der Waals surface area contributed by atoms with Gasteiger partial charge in [-0.1, -0.05) is 20.8 Å². The molecule has 3 heteroatoms. The van der Waals surface area contributed by atoms with E-state index in [2.05, 4.69) is 32.3 Å². The number of rotatable bonds is 8. The Hall–Kier alpha value is 0.270. The molecule has 0 heterocycles. The normalized spacial score (nSPS) is 17.8. The highest BCUT2D eigenvalue weighted by Gasteiger charge is 2.21. The maximum Gasteiger partial charge on any atom is 0.0496 e. The SMILES string of the molecule is CCC(CSC)NCC(C)(CC)CO. The van der Waals surface area contributed by atoms with E-state index in [1.165, 1.54) is 0 Å². The van der Waals surface area contributed by atoms with Crippen molar-refractivity contribution in [2.24, 2.45) is 5.41 Å². The molecule has 2 N–H and O–H groups in total. The van der Waals surface area contributed by atoms with Gasteiger partial charge in [-0.15, -0.1) is 0 Å². The molecule has 0 radical (unpaired) electrons. The second kappa shape index (κ2) is 7.55.